The second-order valence-corrected chi connectivity index (χ2v) is 6.55. The lowest BCUT2D eigenvalue weighted by molar-refractivity contribution is 0.404. The fourth-order valence-corrected chi connectivity index (χ4v) is 4.00. The summed E-state index contributed by atoms with van der Waals surface area (Å²) in [5.41, 5.74) is 1.34. The van der Waals surface area contributed by atoms with E-state index in [9.17, 15) is 0 Å². The molecule has 1 nitrogen and oxygen atoms in total. The van der Waals surface area contributed by atoms with Gasteiger partial charge in [0.25, 0.3) is 0 Å². The molecule has 0 amide bonds. The highest BCUT2D eigenvalue weighted by Crippen LogP contribution is 2.46. The van der Waals surface area contributed by atoms with Crippen LogP contribution < -0.4 is 5.32 Å². The zero-order valence-electron chi connectivity index (χ0n) is 10.5. The van der Waals surface area contributed by atoms with Crippen LogP contribution in [-0.4, -0.2) is 12.6 Å². The second-order valence-electron chi connectivity index (χ2n) is 5.74. The van der Waals surface area contributed by atoms with Gasteiger partial charge in [0.05, 0.1) is 0 Å². The third-order valence-corrected chi connectivity index (χ3v) is 4.99. The molecule has 1 aromatic rings. The normalized spacial score (nSPS) is 22.3. The monoisotopic (exact) mass is 283 g/mol. The summed E-state index contributed by atoms with van der Waals surface area (Å²) in [4.78, 5) is 0. The summed E-state index contributed by atoms with van der Waals surface area (Å²) in [6.45, 7) is 1.03. The van der Waals surface area contributed by atoms with Crippen LogP contribution in [-0.2, 0) is 5.41 Å². The van der Waals surface area contributed by atoms with Crippen LogP contribution in [0, 0.1) is 0 Å². The first-order valence-corrected chi connectivity index (χ1v) is 7.65. The van der Waals surface area contributed by atoms with Gasteiger partial charge in [0, 0.05) is 28.0 Å². The summed E-state index contributed by atoms with van der Waals surface area (Å²) in [6.07, 6.45) is 7.63. The number of benzene rings is 1. The first-order valence-electron chi connectivity index (χ1n) is 6.89. The van der Waals surface area contributed by atoms with E-state index < -0.39 is 0 Å². The van der Waals surface area contributed by atoms with E-state index >= 15 is 0 Å². The molecule has 1 aromatic carbocycles. The Morgan fingerprint density at radius 2 is 1.72 bits per heavy atom. The Hall–Kier alpha value is -0.240. The Morgan fingerprint density at radius 1 is 1.11 bits per heavy atom. The molecule has 0 spiro atoms. The lowest BCUT2D eigenvalue weighted by Gasteiger charge is -2.32. The maximum atomic E-state index is 6.42. The van der Waals surface area contributed by atoms with E-state index in [-0.39, 0.29) is 5.41 Å². The van der Waals surface area contributed by atoms with Gasteiger partial charge < -0.3 is 5.32 Å². The van der Waals surface area contributed by atoms with Gasteiger partial charge in [-0.3, -0.25) is 0 Å². The summed E-state index contributed by atoms with van der Waals surface area (Å²) in [5, 5.41) is 5.35. The summed E-state index contributed by atoms with van der Waals surface area (Å²) < 4.78 is 0. The van der Waals surface area contributed by atoms with Crippen LogP contribution in [0.25, 0.3) is 0 Å². The summed E-state index contributed by atoms with van der Waals surface area (Å²) in [7, 11) is 0. The smallest absolute Gasteiger partial charge is 0.0459 e. The van der Waals surface area contributed by atoms with Gasteiger partial charge in [0.15, 0.2) is 0 Å². The fraction of sp³-hybridized carbons (Fsp3) is 0.600. The summed E-state index contributed by atoms with van der Waals surface area (Å²) >= 11 is 12.8. The van der Waals surface area contributed by atoms with Crippen LogP contribution in [0.1, 0.15) is 44.1 Å². The average molecular weight is 284 g/mol. The second kappa shape index (κ2) is 5.03. The van der Waals surface area contributed by atoms with Crippen molar-refractivity contribution in [2.75, 3.05) is 6.54 Å². The SMILES string of the molecule is Clc1cccc(Cl)c1C1(CNC2CC2)CCCC1. The highest BCUT2D eigenvalue weighted by Gasteiger charge is 2.39. The van der Waals surface area contributed by atoms with Gasteiger partial charge in [0.1, 0.15) is 0 Å². The minimum atomic E-state index is 0.165. The Labute approximate surface area is 119 Å². The zero-order valence-corrected chi connectivity index (χ0v) is 12.0. The lowest BCUT2D eigenvalue weighted by atomic mass is 9.78. The Kier molecular flexibility index (Phi) is 3.57. The summed E-state index contributed by atoms with van der Waals surface area (Å²) in [6, 6.07) is 6.62. The van der Waals surface area contributed by atoms with E-state index in [1.54, 1.807) is 0 Å². The van der Waals surface area contributed by atoms with E-state index in [0.29, 0.717) is 0 Å². The van der Waals surface area contributed by atoms with Crippen molar-refractivity contribution in [1.82, 2.24) is 5.32 Å². The van der Waals surface area contributed by atoms with Crippen LogP contribution in [0.4, 0.5) is 0 Å². The van der Waals surface area contributed by atoms with Crippen LogP contribution in [0.15, 0.2) is 18.2 Å². The van der Waals surface area contributed by atoms with E-state index in [4.69, 9.17) is 23.2 Å². The van der Waals surface area contributed by atoms with E-state index in [1.807, 2.05) is 18.2 Å². The molecule has 0 bridgehead atoms. The van der Waals surface area contributed by atoms with Crippen molar-refractivity contribution in [3.63, 3.8) is 0 Å². The highest BCUT2D eigenvalue weighted by molar-refractivity contribution is 6.36. The largest absolute Gasteiger partial charge is 0.313 e. The molecular formula is C15H19Cl2N. The number of rotatable bonds is 4. The van der Waals surface area contributed by atoms with Gasteiger partial charge in [-0.25, -0.2) is 0 Å². The van der Waals surface area contributed by atoms with Gasteiger partial charge in [-0.15, -0.1) is 0 Å². The van der Waals surface area contributed by atoms with Crippen LogP contribution in [0.2, 0.25) is 10.0 Å². The molecule has 18 heavy (non-hydrogen) atoms. The number of halogens is 2. The van der Waals surface area contributed by atoms with Gasteiger partial charge in [-0.1, -0.05) is 42.1 Å². The predicted octanol–water partition coefficient (Wildman–Crippen LogP) is 4.56. The molecule has 98 valence electrons. The third-order valence-electron chi connectivity index (χ3n) is 4.36. The van der Waals surface area contributed by atoms with Crippen molar-refractivity contribution >= 4 is 23.2 Å². The van der Waals surface area contributed by atoms with Crippen molar-refractivity contribution in [3.05, 3.63) is 33.8 Å². The van der Waals surface area contributed by atoms with Crippen LogP contribution in [0.3, 0.4) is 0 Å². The molecule has 1 N–H and O–H groups in total. The van der Waals surface area contributed by atoms with Crippen molar-refractivity contribution < 1.29 is 0 Å². The van der Waals surface area contributed by atoms with Gasteiger partial charge in [0.2, 0.25) is 0 Å². The summed E-state index contributed by atoms with van der Waals surface area (Å²) in [5.74, 6) is 0. The molecule has 0 unspecified atom stereocenters. The van der Waals surface area contributed by atoms with E-state index in [1.165, 1.54) is 44.1 Å². The minimum absolute atomic E-state index is 0.165. The minimum Gasteiger partial charge on any atom is -0.313 e. The number of hydrogen-bond acceptors (Lipinski definition) is 1. The van der Waals surface area contributed by atoms with E-state index in [2.05, 4.69) is 5.32 Å². The molecular weight excluding hydrogens is 265 g/mol. The molecule has 0 saturated heterocycles. The quantitative estimate of drug-likeness (QED) is 0.854. The average Bonchev–Trinajstić information content (AvgIpc) is 3.06. The number of nitrogens with one attached hydrogen (secondary N) is 1. The fourth-order valence-electron chi connectivity index (χ4n) is 3.20. The van der Waals surface area contributed by atoms with E-state index in [0.717, 1.165) is 22.6 Å². The molecule has 2 saturated carbocycles. The Bertz CT molecular complexity index is 414. The van der Waals surface area contributed by atoms with Gasteiger partial charge >= 0.3 is 0 Å². The molecule has 2 aliphatic carbocycles. The van der Waals surface area contributed by atoms with Gasteiger partial charge in [-0.2, -0.15) is 0 Å². The van der Waals surface area contributed by atoms with Crippen LogP contribution >= 0.6 is 23.2 Å². The zero-order chi connectivity index (χ0) is 12.6. The Morgan fingerprint density at radius 3 is 2.28 bits per heavy atom. The first-order chi connectivity index (χ1) is 8.71. The van der Waals surface area contributed by atoms with Crippen molar-refractivity contribution in [2.45, 2.75) is 50.0 Å². The van der Waals surface area contributed by atoms with Crippen molar-refractivity contribution in [2.24, 2.45) is 0 Å². The third kappa shape index (κ3) is 2.41. The molecule has 0 heterocycles. The maximum absolute atomic E-state index is 6.42. The molecule has 2 aliphatic rings. The van der Waals surface area contributed by atoms with Crippen LogP contribution in [0.5, 0.6) is 0 Å². The highest BCUT2D eigenvalue weighted by atomic mass is 35.5. The van der Waals surface area contributed by atoms with Gasteiger partial charge in [-0.05, 0) is 43.4 Å². The van der Waals surface area contributed by atoms with Crippen molar-refractivity contribution in [3.8, 4) is 0 Å². The molecule has 0 aromatic heterocycles. The molecule has 2 fully saturated rings. The Balaban J connectivity index is 1.91. The predicted molar refractivity (Wildman–Crippen MR) is 77.6 cm³/mol. The molecule has 0 aliphatic heterocycles. The molecule has 0 atom stereocenters. The molecule has 3 rings (SSSR count). The molecule has 0 radical (unpaired) electrons. The lowest BCUT2D eigenvalue weighted by Crippen LogP contribution is -2.37. The van der Waals surface area contributed by atoms with Crippen molar-refractivity contribution in [1.29, 1.82) is 0 Å². The maximum Gasteiger partial charge on any atom is 0.0459 e. The molecule has 3 heteroatoms. The standard InChI is InChI=1S/C15H19Cl2N/c16-12-4-3-5-13(17)14(12)15(8-1-2-9-15)10-18-11-6-7-11/h3-5,11,18H,1-2,6-10H2. The first kappa shape index (κ1) is 12.8. The number of hydrogen-bond donors (Lipinski definition) is 1. The topological polar surface area (TPSA) is 12.0 Å².